The van der Waals surface area contributed by atoms with E-state index in [0.29, 0.717) is 11.9 Å². The highest BCUT2D eigenvalue weighted by Crippen LogP contribution is 2.15. The summed E-state index contributed by atoms with van der Waals surface area (Å²) in [4.78, 5) is 6.86. The largest absolute Gasteiger partial charge is 0.353 e. The number of nitrogens with zero attached hydrogens (tertiary/aromatic N) is 4. The van der Waals surface area contributed by atoms with Crippen molar-refractivity contribution in [1.82, 2.24) is 20.1 Å². The molecule has 0 spiro atoms. The maximum absolute atomic E-state index is 4.48. The summed E-state index contributed by atoms with van der Waals surface area (Å²) in [5, 5.41) is 11.6. The second kappa shape index (κ2) is 5.48. The van der Waals surface area contributed by atoms with Crippen molar-refractivity contribution < 1.29 is 0 Å². The van der Waals surface area contributed by atoms with Gasteiger partial charge in [0.1, 0.15) is 5.52 Å². The Balaban J connectivity index is 1.64. The summed E-state index contributed by atoms with van der Waals surface area (Å²) in [5.74, 6) is 1.31. The van der Waals surface area contributed by atoms with Gasteiger partial charge in [-0.15, -0.1) is 10.2 Å². The Bertz CT molecular complexity index is 556. The lowest BCUT2D eigenvalue weighted by atomic mass is 9.99. The van der Waals surface area contributed by atoms with Gasteiger partial charge in [-0.3, -0.25) is 0 Å². The highest BCUT2D eigenvalue weighted by molar-refractivity contribution is 5.73. The monoisotopic (exact) mass is 257 g/mol. The summed E-state index contributed by atoms with van der Waals surface area (Å²) in [6.07, 6.45) is 2.55. The third-order valence-electron chi connectivity index (χ3n) is 3.63. The molecule has 0 amide bonds. The van der Waals surface area contributed by atoms with Crippen LogP contribution in [0, 0.1) is 5.92 Å². The average molecular weight is 257 g/mol. The molecule has 1 aliphatic rings. The Labute approximate surface area is 113 Å². The van der Waals surface area contributed by atoms with Crippen LogP contribution in [0.5, 0.6) is 0 Å². The van der Waals surface area contributed by atoms with E-state index in [0.717, 1.165) is 24.1 Å². The number of anilines is 1. The number of rotatable bonds is 3. The summed E-state index contributed by atoms with van der Waals surface area (Å²) < 4.78 is 0. The number of fused-ring (bicyclic) bond motifs is 1. The van der Waals surface area contributed by atoms with E-state index in [9.17, 15) is 0 Å². The molecule has 1 unspecified atom stereocenters. The smallest absolute Gasteiger partial charge is 0.243 e. The molecule has 0 bridgehead atoms. The first-order chi connectivity index (χ1) is 9.31. The first-order valence-electron chi connectivity index (χ1n) is 6.83. The van der Waals surface area contributed by atoms with E-state index in [2.05, 4.69) is 32.4 Å². The Morgan fingerprint density at radius 1 is 1.26 bits per heavy atom. The Morgan fingerprint density at radius 2 is 2.11 bits per heavy atom. The maximum Gasteiger partial charge on any atom is 0.243 e. The van der Waals surface area contributed by atoms with E-state index in [-0.39, 0.29) is 0 Å². The number of aromatic nitrogens is 3. The molecule has 100 valence electrons. The second-order valence-electron chi connectivity index (χ2n) is 5.28. The van der Waals surface area contributed by atoms with Crippen LogP contribution in [-0.2, 0) is 0 Å². The van der Waals surface area contributed by atoms with Crippen molar-refractivity contribution >= 4 is 17.0 Å². The van der Waals surface area contributed by atoms with Crippen molar-refractivity contribution in [3.05, 3.63) is 24.3 Å². The van der Waals surface area contributed by atoms with Crippen LogP contribution in [0.25, 0.3) is 11.0 Å². The first kappa shape index (κ1) is 12.3. The van der Waals surface area contributed by atoms with Gasteiger partial charge in [0.2, 0.25) is 5.95 Å². The quantitative estimate of drug-likeness (QED) is 0.908. The number of piperidine rings is 1. The molecule has 0 radical (unpaired) electrons. The predicted molar refractivity (Wildman–Crippen MR) is 76.0 cm³/mol. The molecule has 1 saturated heterocycles. The first-order valence-corrected chi connectivity index (χ1v) is 6.83. The fourth-order valence-corrected chi connectivity index (χ4v) is 2.63. The van der Waals surface area contributed by atoms with Gasteiger partial charge in [-0.1, -0.05) is 12.1 Å². The molecule has 19 heavy (non-hydrogen) atoms. The van der Waals surface area contributed by atoms with Crippen molar-refractivity contribution in [2.75, 3.05) is 32.0 Å². The van der Waals surface area contributed by atoms with E-state index in [4.69, 9.17) is 0 Å². The van der Waals surface area contributed by atoms with E-state index in [1.807, 2.05) is 24.3 Å². The zero-order valence-electron chi connectivity index (χ0n) is 11.2. The van der Waals surface area contributed by atoms with Crippen LogP contribution in [0.2, 0.25) is 0 Å². The van der Waals surface area contributed by atoms with Crippen LogP contribution in [-0.4, -0.2) is 46.8 Å². The minimum atomic E-state index is 0.631. The molecular weight excluding hydrogens is 238 g/mol. The standard InChI is InChI=1S/C14H19N5/c1-19-8-4-5-11(10-19)9-15-14-16-12-6-2-3-7-13(12)17-18-14/h2-3,6-7,11H,4-5,8-10H2,1H3,(H,15,16,18). The summed E-state index contributed by atoms with van der Waals surface area (Å²) >= 11 is 0. The van der Waals surface area contributed by atoms with Crippen LogP contribution >= 0.6 is 0 Å². The summed E-state index contributed by atoms with van der Waals surface area (Å²) in [6.45, 7) is 3.28. The summed E-state index contributed by atoms with van der Waals surface area (Å²) in [6, 6.07) is 7.80. The number of hydrogen-bond acceptors (Lipinski definition) is 5. The van der Waals surface area contributed by atoms with Gasteiger partial charge < -0.3 is 10.2 Å². The van der Waals surface area contributed by atoms with E-state index in [1.54, 1.807) is 0 Å². The molecular formula is C14H19N5. The number of hydrogen-bond donors (Lipinski definition) is 1. The molecule has 5 nitrogen and oxygen atoms in total. The van der Waals surface area contributed by atoms with Crippen LogP contribution < -0.4 is 5.32 Å². The lowest BCUT2D eigenvalue weighted by molar-refractivity contribution is 0.217. The number of para-hydroxylation sites is 1. The zero-order valence-corrected chi connectivity index (χ0v) is 11.2. The fraction of sp³-hybridized carbons (Fsp3) is 0.500. The van der Waals surface area contributed by atoms with Gasteiger partial charge in [0.25, 0.3) is 0 Å². The van der Waals surface area contributed by atoms with Crippen molar-refractivity contribution in [2.24, 2.45) is 5.92 Å². The molecule has 1 aliphatic heterocycles. The molecule has 1 N–H and O–H groups in total. The SMILES string of the molecule is CN1CCCC(CNc2nnc3ccccc3n2)C1. The molecule has 5 heteroatoms. The van der Waals surface area contributed by atoms with E-state index >= 15 is 0 Å². The van der Waals surface area contributed by atoms with Crippen molar-refractivity contribution in [3.8, 4) is 0 Å². The second-order valence-corrected chi connectivity index (χ2v) is 5.28. The molecule has 2 heterocycles. The molecule has 1 aromatic heterocycles. The molecule has 1 aromatic carbocycles. The van der Waals surface area contributed by atoms with Crippen molar-refractivity contribution in [3.63, 3.8) is 0 Å². The van der Waals surface area contributed by atoms with Gasteiger partial charge >= 0.3 is 0 Å². The topological polar surface area (TPSA) is 53.9 Å². The number of nitrogens with one attached hydrogen (secondary N) is 1. The Morgan fingerprint density at radius 3 is 2.95 bits per heavy atom. The van der Waals surface area contributed by atoms with Gasteiger partial charge in [-0.05, 0) is 44.5 Å². The van der Waals surface area contributed by atoms with Crippen molar-refractivity contribution in [1.29, 1.82) is 0 Å². The highest BCUT2D eigenvalue weighted by atomic mass is 15.2. The fourth-order valence-electron chi connectivity index (χ4n) is 2.63. The number of likely N-dealkylation sites (tertiary alicyclic amines) is 1. The minimum absolute atomic E-state index is 0.631. The molecule has 1 atom stereocenters. The van der Waals surface area contributed by atoms with Gasteiger partial charge in [0.05, 0.1) is 5.52 Å². The Kier molecular flexibility index (Phi) is 3.55. The molecule has 0 saturated carbocycles. The van der Waals surface area contributed by atoms with Crippen LogP contribution in [0.15, 0.2) is 24.3 Å². The molecule has 1 fully saturated rings. The molecule has 0 aliphatic carbocycles. The normalized spacial score (nSPS) is 20.6. The lowest BCUT2D eigenvalue weighted by Gasteiger charge is -2.29. The summed E-state index contributed by atoms with van der Waals surface area (Å²) in [5.41, 5.74) is 1.73. The van der Waals surface area contributed by atoms with Crippen LogP contribution in [0.1, 0.15) is 12.8 Å². The molecule has 2 aromatic rings. The van der Waals surface area contributed by atoms with Gasteiger partial charge in [0.15, 0.2) is 0 Å². The highest BCUT2D eigenvalue weighted by Gasteiger charge is 2.17. The third kappa shape index (κ3) is 2.98. The Hall–Kier alpha value is -1.75. The van der Waals surface area contributed by atoms with Gasteiger partial charge in [0, 0.05) is 13.1 Å². The van der Waals surface area contributed by atoms with Gasteiger partial charge in [-0.2, -0.15) is 0 Å². The summed E-state index contributed by atoms with van der Waals surface area (Å²) in [7, 11) is 2.18. The van der Waals surface area contributed by atoms with Crippen LogP contribution in [0.4, 0.5) is 5.95 Å². The van der Waals surface area contributed by atoms with E-state index < -0.39 is 0 Å². The zero-order chi connectivity index (χ0) is 13.1. The van der Waals surface area contributed by atoms with Gasteiger partial charge in [-0.25, -0.2) is 4.98 Å². The predicted octanol–water partition coefficient (Wildman–Crippen LogP) is 1.78. The molecule has 3 rings (SSSR count). The number of benzene rings is 1. The maximum atomic E-state index is 4.48. The van der Waals surface area contributed by atoms with Crippen molar-refractivity contribution in [2.45, 2.75) is 12.8 Å². The lowest BCUT2D eigenvalue weighted by Crippen LogP contribution is -2.35. The minimum Gasteiger partial charge on any atom is -0.353 e. The van der Waals surface area contributed by atoms with E-state index in [1.165, 1.54) is 19.4 Å². The average Bonchev–Trinajstić information content (AvgIpc) is 2.45. The third-order valence-corrected chi connectivity index (χ3v) is 3.63. The van der Waals surface area contributed by atoms with Crippen LogP contribution in [0.3, 0.4) is 0 Å².